The lowest BCUT2D eigenvalue weighted by atomic mass is 10.1. The molecule has 0 atom stereocenters. The van der Waals surface area contributed by atoms with Gasteiger partial charge in [-0.3, -0.25) is 4.79 Å². The van der Waals surface area contributed by atoms with Gasteiger partial charge in [0.1, 0.15) is 5.56 Å². The Labute approximate surface area is 113 Å². The van der Waals surface area contributed by atoms with Crippen molar-refractivity contribution < 1.29 is 9.53 Å². The summed E-state index contributed by atoms with van der Waals surface area (Å²) in [6.45, 7) is 5.74. The normalized spacial score (nSPS) is 16.4. The van der Waals surface area contributed by atoms with Crippen molar-refractivity contribution in [1.29, 1.82) is 0 Å². The molecule has 1 aromatic heterocycles. The molecule has 0 aliphatic carbocycles. The predicted octanol–water partition coefficient (Wildman–Crippen LogP) is 1.35. The van der Waals surface area contributed by atoms with E-state index < -0.39 is 0 Å². The third kappa shape index (κ3) is 3.92. The first-order valence-electron chi connectivity index (χ1n) is 6.80. The number of hydrogen-bond donors (Lipinski definition) is 2. The molecule has 5 heteroatoms. The van der Waals surface area contributed by atoms with Crippen LogP contribution in [0.15, 0.2) is 18.3 Å². The molecule has 0 saturated carbocycles. The number of hydrogen-bond acceptors (Lipinski definition) is 4. The molecule has 0 spiro atoms. The molecule has 5 nitrogen and oxygen atoms in total. The summed E-state index contributed by atoms with van der Waals surface area (Å²) >= 11 is 0. The summed E-state index contributed by atoms with van der Waals surface area (Å²) in [5, 5.41) is 6.33. The van der Waals surface area contributed by atoms with Crippen LogP contribution in [0, 0.1) is 0 Å². The fourth-order valence-corrected chi connectivity index (χ4v) is 2.11. The van der Waals surface area contributed by atoms with E-state index in [-0.39, 0.29) is 18.1 Å². The molecule has 2 N–H and O–H groups in total. The zero-order chi connectivity index (χ0) is 13.7. The maximum Gasteiger partial charge on any atom is 0.256 e. The van der Waals surface area contributed by atoms with E-state index in [9.17, 15) is 4.79 Å². The molecule has 1 aliphatic rings. The van der Waals surface area contributed by atoms with E-state index in [1.165, 1.54) is 0 Å². The Bertz CT molecular complexity index is 428. The average molecular weight is 263 g/mol. The van der Waals surface area contributed by atoms with E-state index in [0.29, 0.717) is 11.4 Å². The Hall–Kier alpha value is -1.62. The Morgan fingerprint density at radius 1 is 1.47 bits per heavy atom. The molecule has 1 amide bonds. The molecule has 1 fully saturated rings. The van der Waals surface area contributed by atoms with Gasteiger partial charge in [-0.05, 0) is 51.9 Å². The molecular weight excluding hydrogens is 242 g/mol. The Morgan fingerprint density at radius 2 is 2.21 bits per heavy atom. The predicted molar refractivity (Wildman–Crippen MR) is 73.4 cm³/mol. The molecule has 19 heavy (non-hydrogen) atoms. The molecular formula is C14H21N3O2. The minimum atomic E-state index is -0.101. The first-order chi connectivity index (χ1) is 9.16. The molecule has 0 unspecified atom stereocenters. The van der Waals surface area contributed by atoms with Crippen LogP contribution in [0.25, 0.3) is 0 Å². The highest BCUT2D eigenvalue weighted by molar-refractivity contribution is 5.96. The second kappa shape index (κ2) is 6.52. The third-order valence-electron chi connectivity index (χ3n) is 3.04. The summed E-state index contributed by atoms with van der Waals surface area (Å²) in [5.41, 5.74) is 0.509. The molecule has 1 saturated heterocycles. The highest BCUT2D eigenvalue weighted by Gasteiger charge is 2.19. The van der Waals surface area contributed by atoms with Gasteiger partial charge in [-0.2, -0.15) is 0 Å². The quantitative estimate of drug-likeness (QED) is 0.860. The van der Waals surface area contributed by atoms with E-state index in [4.69, 9.17) is 4.74 Å². The van der Waals surface area contributed by atoms with E-state index in [2.05, 4.69) is 15.6 Å². The van der Waals surface area contributed by atoms with Crippen LogP contribution in [0.2, 0.25) is 0 Å². The Morgan fingerprint density at radius 3 is 2.89 bits per heavy atom. The highest BCUT2D eigenvalue weighted by atomic mass is 16.5. The lowest BCUT2D eigenvalue weighted by Gasteiger charge is -2.24. The number of rotatable bonds is 4. The third-order valence-corrected chi connectivity index (χ3v) is 3.04. The fraction of sp³-hybridized carbons (Fsp3) is 0.571. The number of carbonyl (C=O) groups is 1. The number of amides is 1. The molecule has 1 aromatic rings. The summed E-state index contributed by atoms with van der Waals surface area (Å²) in [5.74, 6) is 0.305. The van der Waals surface area contributed by atoms with Gasteiger partial charge in [0, 0.05) is 12.2 Å². The van der Waals surface area contributed by atoms with Gasteiger partial charge in [0.15, 0.2) is 0 Å². The van der Waals surface area contributed by atoms with Crippen molar-refractivity contribution in [3.05, 3.63) is 23.9 Å². The van der Waals surface area contributed by atoms with Crippen LogP contribution in [-0.2, 0) is 0 Å². The Balaban J connectivity index is 2.05. The van der Waals surface area contributed by atoms with Crippen LogP contribution in [0.1, 0.15) is 37.0 Å². The highest BCUT2D eigenvalue weighted by Crippen LogP contribution is 2.16. The topological polar surface area (TPSA) is 63.2 Å². The van der Waals surface area contributed by atoms with Crippen LogP contribution < -0.4 is 15.4 Å². The summed E-state index contributed by atoms with van der Waals surface area (Å²) in [4.78, 5) is 16.4. The lowest BCUT2D eigenvalue weighted by molar-refractivity contribution is 0.0922. The average Bonchev–Trinajstić information content (AvgIpc) is 2.39. The smallest absolute Gasteiger partial charge is 0.256 e. The molecule has 2 rings (SSSR count). The molecule has 0 aromatic carbocycles. The zero-order valence-electron chi connectivity index (χ0n) is 11.5. The lowest BCUT2D eigenvalue weighted by Crippen LogP contribution is -2.42. The number of pyridine rings is 1. The maximum absolute atomic E-state index is 12.3. The Kier molecular flexibility index (Phi) is 4.74. The monoisotopic (exact) mass is 263 g/mol. The van der Waals surface area contributed by atoms with Crippen molar-refractivity contribution in [3.8, 4) is 5.88 Å². The number of piperidine rings is 1. The van der Waals surface area contributed by atoms with E-state index >= 15 is 0 Å². The van der Waals surface area contributed by atoms with Crippen molar-refractivity contribution in [2.75, 3.05) is 13.1 Å². The molecule has 0 bridgehead atoms. The fourth-order valence-electron chi connectivity index (χ4n) is 2.11. The summed E-state index contributed by atoms with van der Waals surface area (Å²) in [7, 11) is 0. The second-order valence-corrected chi connectivity index (χ2v) is 5.02. The van der Waals surface area contributed by atoms with Gasteiger partial charge in [0.2, 0.25) is 5.88 Å². The van der Waals surface area contributed by atoms with Gasteiger partial charge in [0.25, 0.3) is 5.91 Å². The number of nitrogens with zero attached hydrogens (tertiary/aromatic N) is 1. The van der Waals surface area contributed by atoms with Crippen LogP contribution in [0.5, 0.6) is 5.88 Å². The van der Waals surface area contributed by atoms with Crippen molar-refractivity contribution in [1.82, 2.24) is 15.6 Å². The van der Waals surface area contributed by atoms with Crippen molar-refractivity contribution in [2.45, 2.75) is 38.8 Å². The number of carbonyl (C=O) groups excluding carboxylic acids is 1. The van der Waals surface area contributed by atoms with Gasteiger partial charge < -0.3 is 15.4 Å². The minimum Gasteiger partial charge on any atom is -0.474 e. The SMILES string of the molecule is CC(C)Oc1ncccc1C(=O)NC1CCNCC1. The second-order valence-electron chi connectivity index (χ2n) is 5.02. The number of aromatic nitrogens is 1. The van der Waals surface area contributed by atoms with Gasteiger partial charge in [-0.15, -0.1) is 0 Å². The van der Waals surface area contributed by atoms with Crippen molar-refractivity contribution in [2.24, 2.45) is 0 Å². The van der Waals surface area contributed by atoms with Gasteiger partial charge in [-0.1, -0.05) is 0 Å². The maximum atomic E-state index is 12.3. The molecule has 104 valence electrons. The van der Waals surface area contributed by atoms with Crippen LogP contribution in [-0.4, -0.2) is 36.1 Å². The van der Waals surface area contributed by atoms with Crippen LogP contribution in [0.3, 0.4) is 0 Å². The zero-order valence-corrected chi connectivity index (χ0v) is 11.5. The van der Waals surface area contributed by atoms with Crippen molar-refractivity contribution in [3.63, 3.8) is 0 Å². The van der Waals surface area contributed by atoms with Gasteiger partial charge in [0.05, 0.1) is 6.10 Å². The van der Waals surface area contributed by atoms with E-state index in [1.54, 1.807) is 18.3 Å². The first kappa shape index (κ1) is 13.8. The van der Waals surface area contributed by atoms with E-state index in [0.717, 1.165) is 25.9 Å². The molecule has 2 heterocycles. The van der Waals surface area contributed by atoms with Crippen molar-refractivity contribution >= 4 is 5.91 Å². The van der Waals surface area contributed by atoms with Gasteiger partial charge in [-0.25, -0.2) is 4.98 Å². The summed E-state index contributed by atoms with van der Waals surface area (Å²) in [6, 6.07) is 3.74. The van der Waals surface area contributed by atoms with Crippen LogP contribution >= 0.6 is 0 Å². The van der Waals surface area contributed by atoms with Crippen LogP contribution in [0.4, 0.5) is 0 Å². The van der Waals surface area contributed by atoms with E-state index in [1.807, 2.05) is 13.8 Å². The molecule has 0 radical (unpaired) electrons. The molecule has 1 aliphatic heterocycles. The summed E-state index contributed by atoms with van der Waals surface area (Å²) < 4.78 is 5.57. The number of nitrogens with one attached hydrogen (secondary N) is 2. The summed E-state index contributed by atoms with van der Waals surface area (Å²) in [6.07, 6.45) is 3.57. The standard InChI is InChI=1S/C14H21N3O2/c1-10(2)19-14-12(4-3-7-16-14)13(18)17-11-5-8-15-9-6-11/h3-4,7,10-11,15H,5-6,8-9H2,1-2H3,(H,17,18). The first-order valence-corrected chi connectivity index (χ1v) is 6.80. The van der Waals surface area contributed by atoms with Gasteiger partial charge >= 0.3 is 0 Å². The minimum absolute atomic E-state index is 0.000306. The number of ether oxygens (including phenoxy) is 1. The largest absolute Gasteiger partial charge is 0.474 e.